The number of fused-ring (bicyclic) bond motifs is 3. The molecule has 2 nitrogen and oxygen atoms in total. The minimum Gasteiger partial charge on any atom is -0.233 e. The molecule has 28 heavy (non-hydrogen) atoms. The normalized spacial score (nSPS) is 11.2. The lowest BCUT2D eigenvalue weighted by atomic mass is 9.94. The largest absolute Gasteiger partial charge is 0.286 e. The van der Waals surface area contributed by atoms with Crippen molar-refractivity contribution in [2.75, 3.05) is 0 Å². The van der Waals surface area contributed by atoms with Crippen molar-refractivity contribution >= 4 is 21.5 Å². The molecule has 0 bridgehead atoms. The van der Waals surface area contributed by atoms with Crippen molar-refractivity contribution in [3.8, 4) is 22.4 Å². The minimum absolute atomic E-state index is 1.17. The molecule has 0 atom stereocenters. The van der Waals surface area contributed by atoms with Crippen LogP contribution in [-0.4, -0.2) is 4.98 Å². The van der Waals surface area contributed by atoms with Crippen LogP contribution in [0.25, 0.3) is 43.9 Å². The van der Waals surface area contributed by atoms with E-state index in [4.69, 9.17) is 0 Å². The van der Waals surface area contributed by atoms with Crippen molar-refractivity contribution in [1.82, 2.24) is 4.98 Å². The maximum absolute atomic E-state index is 4.20. The average Bonchev–Trinajstić information content (AvgIpc) is 2.74. The van der Waals surface area contributed by atoms with Gasteiger partial charge in [-0.25, -0.2) is 4.57 Å². The first-order valence-electron chi connectivity index (χ1n) is 9.53. The van der Waals surface area contributed by atoms with E-state index in [1.807, 2.05) is 19.6 Å². The van der Waals surface area contributed by atoms with E-state index in [1.54, 1.807) is 0 Å². The number of benzene rings is 4. The maximum Gasteiger partial charge on any atom is 0.286 e. The summed E-state index contributed by atoms with van der Waals surface area (Å²) >= 11 is 0. The van der Waals surface area contributed by atoms with Gasteiger partial charge in [0.15, 0.2) is 0 Å². The summed E-state index contributed by atoms with van der Waals surface area (Å²) in [4.78, 5) is 4.20. The smallest absolute Gasteiger partial charge is 0.233 e. The Morgan fingerprint density at radius 1 is 0.714 bits per heavy atom. The Bertz CT molecular complexity index is 1340. The molecule has 0 radical (unpaired) electrons. The van der Waals surface area contributed by atoms with Gasteiger partial charge in [-0.1, -0.05) is 65.6 Å². The van der Waals surface area contributed by atoms with Crippen LogP contribution in [0.4, 0.5) is 0 Å². The molecule has 0 fully saturated rings. The summed E-state index contributed by atoms with van der Waals surface area (Å²) < 4.78 is 2.07. The Kier molecular flexibility index (Phi) is 3.91. The standard InChI is InChI=1S/C26H21N2/c1-18-7-8-21(16-25(18)26-13-14-27-17-28(26)2)20-11-12-24-22(15-20)10-9-19-5-3-4-6-23(19)24/h3-17H,1-2H3/q+1. The van der Waals surface area contributed by atoms with Crippen molar-refractivity contribution in [3.63, 3.8) is 0 Å². The van der Waals surface area contributed by atoms with Crippen molar-refractivity contribution in [2.45, 2.75) is 6.92 Å². The molecule has 0 amide bonds. The van der Waals surface area contributed by atoms with Gasteiger partial charge in [-0.15, -0.1) is 0 Å². The van der Waals surface area contributed by atoms with Crippen LogP contribution in [0.3, 0.4) is 0 Å². The monoisotopic (exact) mass is 361 g/mol. The first-order valence-corrected chi connectivity index (χ1v) is 9.53. The molecule has 5 rings (SSSR count). The zero-order chi connectivity index (χ0) is 19.1. The molecule has 0 saturated heterocycles. The van der Waals surface area contributed by atoms with E-state index in [2.05, 4.69) is 95.3 Å². The molecule has 0 spiro atoms. The summed E-state index contributed by atoms with van der Waals surface area (Å²) in [6.07, 6.45) is 3.70. The fraction of sp³-hybridized carbons (Fsp3) is 0.0769. The van der Waals surface area contributed by atoms with Gasteiger partial charge >= 0.3 is 0 Å². The molecule has 0 aliphatic rings. The van der Waals surface area contributed by atoms with Gasteiger partial charge in [0, 0.05) is 11.6 Å². The van der Waals surface area contributed by atoms with Crippen LogP contribution in [0.5, 0.6) is 0 Å². The first kappa shape index (κ1) is 16.6. The van der Waals surface area contributed by atoms with Crippen LogP contribution in [0.2, 0.25) is 0 Å². The van der Waals surface area contributed by atoms with E-state index in [-0.39, 0.29) is 0 Å². The number of aromatic nitrogens is 2. The summed E-state index contributed by atoms with van der Waals surface area (Å²) in [5, 5.41) is 5.16. The van der Waals surface area contributed by atoms with E-state index in [9.17, 15) is 0 Å². The number of aryl methyl sites for hydroxylation is 2. The van der Waals surface area contributed by atoms with Crippen molar-refractivity contribution in [3.05, 3.63) is 97.0 Å². The predicted molar refractivity (Wildman–Crippen MR) is 116 cm³/mol. The fourth-order valence-corrected chi connectivity index (χ4v) is 3.98. The summed E-state index contributed by atoms with van der Waals surface area (Å²) in [6.45, 7) is 2.16. The Morgan fingerprint density at radius 2 is 1.46 bits per heavy atom. The summed E-state index contributed by atoms with van der Waals surface area (Å²) in [6, 6.07) is 28.5. The maximum atomic E-state index is 4.20. The Labute approximate surface area is 164 Å². The summed E-state index contributed by atoms with van der Waals surface area (Å²) in [5.74, 6) is 0. The van der Waals surface area contributed by atoms with Gasteiger partial charge in [0.1, 0.15) is 11.9 Å². The predicted octanol–water partition coefficient (Wildman–Crippen LogP) is 5.85. The molecule has 0 aliphatic carbocycles. The highest BCUT2D eigenvalue weighted by Crippen LogP contribution is 2.32. The van der Waals surface area contributed by atoms with E-state index in [1.165, 1.54) is 49.5 Å². The van der Waals surface area contributed by atoms with E-state index in [0.717, 1.165) is 0 Å². The second-order valence-corrected chi connectivity index (χ2v) is 7.33. The molecular weight excluding hydrogens is 340 g/mol. The number of nitrogens with zero attached hydrogens (tertiary/aromatic N) is 2. The molecule has 0 saturated carbocycles. The highest BCUT2D eigenvalue weighted by atomic mass is 15.0. The highest BCUT2D eigenvalue weighted by Gasteiger charge is 2.11. The molecule has 4 aromatic carbocycles. The Morgan fingerprint density at radius 3 is 2.36 bits per heavy atom. The first-order chi connectivity index (χ1) is 13.7. The fourth-order valence-electron chi connectivity index (χ4n) is 3.98. The SMILES string of the molecule is Cc1ccc(-c2ccc3c(ccc4ccccc43)c2)cc1-c1ccnc[n+]1C. The summed E-state index contributed by atoms with van der Waals surface area (Å²) in [7, 11) is 2.04. The average molecular weight is 361 g/mol. The lowest BCUT2D eigenvalue weighted by Gasteiger charge is -2.11. The third-order valence-corrected chi connectivity index (χ3v) is 5.53. The molecule has 1 aromatic heterocycles. The van der Waals surface area contributed by atoms with Gasteiger partial charge in [0.05, 0.1) is 7.05 Å². The zero-order valence-corrected chi connectivity index (χ0v) is 16.1. The van der Waals surface area contributed by atoms with E-state index in [0.29, 0.717) is 0 Å². The second-order valence-electron chi connectivity index (χ2n) is 7.33. The van der Waals surface area contributed by atoms with Crippen LogP contribution in [0, 0.1) is 6.92 Å². The Hall–Kier alpha value is -3.52. The van der Waals surface area contributed by atoms with Crippen LogP contribution in [0.15, 0.2) is 91.4 Å². The minimum atomic E-state index is 1.17. The van der Waals surface area contributed by atoms with Gasteiger partial charge < -0.3 is 0 Å². The quantitative estimate of drug-likeness (QED) is 0.284. The van der Waals surface area contributed by atoms with Crippen molar-refractivity contribution in [1.29, 1.82) is 0 Å². The van der Waals surface area contributed by atoms with Gasteiger partial charge in [0.2, 0.25) is 0 Å². The summed E-state index contributed by atoms with van der Waals surface area (Å²) in [5.41, 5.74) is 6.13. The molecule has 0 unspecified atom stereocenters. The molecule has 2 heteroatoms. The van der Waals surface area contributed by atoms with Gasteiger partial charge in [-0.2, -0.15) is 0 Å². The van der Waals surface area contributed by atoms with Crippen molar-refractivity contribution < 1.29 is 4.57 Å². The molecule has 5 aromatic rings. The topological polar surface area (TPSA) is 16.8 Å². The van der Waals surface area contributed by atoms with Gasteiger partial charge in [-0.3, -0.25) is 0 Å². The lowest BCUT2D eigenvalue weighted by molar-refractivity contribution is -0.663. The Balaban J connectivity index is 1.67. The molecule has 134 valence electrons. The third kappa shape index (κ3) is 2.74. The number of rotatable bonds is 2. The second kappa shape index (κ2) is 6.58. The van der Waals surface area contributed by atoms with Crippen molar-refractivity contribution in [2.24, 2.45) is 7.05 Å². The van der Waals surface area contributed by atoms with Crippen LogP contribution >= 0.6 is 0 Å². The lowest BCUT2D eigenvalue weighted by Crippen LogP contribution is -2.31. The molecule has 1 heterocycles. The third-order valence-electron chi connectivity index (χ3n) is 5.53. The zero-order valence-electron chi connectivity index (χ0n) is 16.1. The van der Waals surface area contributed by atoms with Gasteiger partial charge in [-0.05, 0) is 57.3 Å². The molecule has 0 N–H and O–H groups in total. The number of hydrogen-bond donors (Lipinski definition) is 0. The van der Waals surface area contributed by atoms with Gasteiger partial charge in [0.25, 0.3) is 6.33 Å². The number of hydrogen-bond acceptors (Lipinski definition) is 1. The highest BCUT2D eigenvalue weighted by molar-refractivity contribution is 6.08. The molecule has 0 aliphatic heterocycles. The van der Waals surface area contributed by atoms with Crippen LogP contribution in [-0.2, 0) is 7.05 Å². The van der Waals surface area contributed by atoms with E-state index < -0.39 is 0 Å². The van der Waals surface area contributed by atoms with Crippen LogP contribution in [0.1, 0.15) is 5.56 Å². The molecular formula is C26H21N2+. The van der Waals surface area contributed by atoms with E-state index >= 15 is 0 Å². The van der Waals surface area contributed by atoms with Crippen LogP contribution < -0.4 is 4.57 Å².